The lowest BCUT2D eigenvalue weighted by molar-refractivity contribution is -0.306. The van der Waals surface area contributed by atoms with Crippen molar-refractivity contribution in [3.63, 3.8) is 0 Å². The number of fused-ring (bicyclic) bond motifs is 3. The summed E-state index contributed by atoms with van der Waals surface area (Å²) >= 11 is 0. The van der Waals surface area contributed by atoms with Gasteiger partial charge in [-0.2, -0.15) is 0 Å². The number of amides is 2. The Hall–Kier alpha value is -1.18. The molecule has 7 heteroatoms. The third-order valence-electron chi connectivity index (χ3n) is 10.5. The van der Waals surface area contributed by atoms with Crippen LogP contribution in [0.1, 0.15) is 90.9 Å². The molecule has 2 aliphatic heterocycles. The number of ether oxygens (including phenoxy) is 2. The van der Waals surface area contributed by atoms with Crippen molar-refractivity contribution in [2.45, 2.75) is 109 Å². The van der Waals surface area contributed by atoms with Crippen molar-refractivity contribution in [1.29, 1.82) is 0 Å². The summed E-state index contributed by atoms with van der Waals surface area (Å²) in [6.07, 6.45) is 10.9. The van der Waals surface area contributed by atoms with Gasteiger partial charge in [0.25, 0.3) is 0 Å². The van der Waals surface area contributed by atoms with Crippen LogP contribution in [0.4, 0.5) is 0 Å². The summed E-state index contributed by atoms with van der Waals surface area (Å²) in [5.74, 6) is 0.832. The second kappa shape index (κ2) is 10.3. The first-order valence-corrected chi connectivity index (χ1v) is 14.3. The van der Waals surface area contributed by atoms with Gasteiger partial charge >= 0.3 is 0 Å². The summed E-state index contributed by atoms with van der Waals surface area (Å²) in [7, 11) is 0. The topological polar surface area (TPSA) is 88.1 Å². The Morgan fingerprint density at radius 3 is 2.46 bits per heavy atom. The maximum Gasteiger partial charge on any atom is 0.223 e. The number of nitrogens with one attached hydrogen (secondary N) is 1. The molecular weight excluding hydrogens is 444 g/mol. The standard InChI is InChI=1S/C28H46N2O5/c1-27-13-12-23-28(2,18-34-25(35-23)17-29-26(33)19-8-4-5-9-19)22(27)11-10-21(31)20(27)16-24(32)30-14-6-3-7-15-30/h19-23,25,31H,3-18H2,1-2H3,(H,29,33). The monoisotopic (exact) mass is 490 g/mol. The van der Waals surface area contributed by atoms with Crippen molar-refractivity contribution in [1.82, 2.24) is 10.2 Å². The highest BCUT2D eigenvalue weighted by Crippen LogP contribution is 2.62. The zero-order chi connectivity index (χ0) is 24.6. The predicted molar refractivity (Wildman–Crippen MR) is 132 cm³/mol. The van der Waals surface area contributed by atoms with E-state index in [1.54, 1.807) is 0 Å². The minimum absolute atomic E-state index is 0.0168. The molecule has 0 aromatic rings. The first kappa shape index (κ1) is 25.5. The number of likely N-dealkylation sites (tertiary alicyclic amines) is 1. The van der Waals surface area contributed by atoms with E-state index in [9.17, 15) is 14.7 Å². The summed E-state index contributed by atoms with van der Waals surface area (Å²) in [4.78, 5) is 27.7. The number of aliphatic hydroxyl groups is 1. The molecular formula is C28H46N2O5. The van der Waals surface area contributed by atoms with E-state index in [-0.39, 0.29) is 40.6 Å². The lowest BCUT2D eigenvalue weighted by Crippen LogP contribution is -2.63. The lowest BCUT2D eigenvalue weighted by atomic mass is 9.46. The van der Waals surface area contributed by atoms with Crippen molar-refractivity contribution in [3.8, 4) is 0 Å². The Bertz CT molecular complexity index is 779. The van der Waals surface area contributed by atoms with Gasteiger partial charge in [-0.3, -0.25) is 9.59 Å². The van der Waals surface area contributed by atoms with E-state index < -0.39 is 12.4 Å². The molecule has 0 aromatic carbocycles. The number of hydrogen-bond acceptors (Lipinski definition) is 5. The zero-order valence-corrected chi connectivity index (χ0v) is 21.8. The normalized spacial score (nSPS) is 42.3. The molecule has 3 aliphatic carbocycles. The van der Waals surface area contributed by atoms with Gasteiger partial charge in [-0.15, -0.1) is 0 Å². The number of carbonyl (C=O) groups excluding carboxylic acids is 2. The maximum atomic E-state index is 13.2. The van der Waals surface area contributed by atoms with Gasteiger partial charge in [-0.25, -0.2) is 0 Å². The van der Waals surface area contributed by atoms with Gasteiger partial charge in [0.15, 0.2) is 6.29 Å². The van der Waals surface area contributed by atoms with E-state index in [0.717, 1.165) is 77.3 Å². The van der Waals surface area contributed by atoms with Crippen LogP contribution in [-0.2, 0) is 19.1 Å². The Morgan fingerprint density at radius 2 is 1.71 bits per heavy atom. The molecule has 35 heavy (non-hydrogen) atoms. The number of rotatable bonds is 5. The second-order valence-corrected chi connectivity index (χ2v) is 12.6. The Morgan fingerprint density at radius 1 is 0.971 bits per heavy atom. The molecule has 0 aromatic heterocycles. The van der Waals surface area contributed by atoms with Gasteiger partial charge < -0.3 is 24.8 Å². The van der Waals surface area contributed by atoms with Crippen LogP contribution in [-0.4, -0.2) is 66.6 Å². The first-order valence-electron chi connectivity index (χ1n) is 14.3. The molecule has 0 radical (unpaired) electrons. The highest BCUT2D eigenvalue weighted by molar-refractivity contribution is 5.78. The number of piperidine rings is 1. The molecule has 7 nitrogen and oxygen atoms in total. The Labute approximate surface area is 210 Å². The van der Waals surface area contributed by atoms with Gasteiger partial charge in [0.1, 0.15) is 0 Å². The SMILES string of the molecule is CC12COC(CNC(=O)C3CCCC3)OC1CCC1(C)C(CC(=O)N3CCCCC3)C(O)CCC21. The van der Waals surface area contributed by atoms with Crippen LogP contribution in [0.3, 0.4) is 0 Å². The van der Waals surface area contributed by atoms with E-state index in [4.69, 9.17) is 9.47 Å². The van der Waals surface area contributed by atoms with Gasteiger partial charge in [-0.05, 0) is 75.0 Å². The van der Waals surface area contributed by atoms with Crippen LogP contribution < -0.4 is 5.32 Å². The van der Waals surface area contributed by atoms with Crippen molar-refractivity contribution < 1.29 is 24.2 Å². The van der Waals surface area contributed by atoms with Gasteiger partial charge in [0.2, 0.25) is 11.8 Å². The van der Waals surface area contributed by atoms with E-state index in [1.165, 1.54) is 6.42 Å². The second-order valence-electron chi connectivity index (χ2n) is 12.6. The predicted octanol–water partition coefficient (Wildman–Crippen LogP) is 3.63. The molecule has 5 rings (SSSR count). The third kappa shape index (κ3) is 4.89. The molecule has 2 amide bonds. The lowest BCUT2D eigenvalue weighted by Gasteiger charge is -2.63. The Balaban J connectivity index is 1.23. The minimum atomic E-state index is -0.422. The van der Waals surface area contributed by atoms with Gasteiger partial charge in [0, 0.05) is 30.8 Å². The van der Waals surface area contributed by atoms with Crippen LogP contribution in [0, 0.1) is 28.6 Å². The largest absolute Gasteiger partial charge is 0.393 e. The number of aliphatic hydroxyl groups excluding tert-OH is 1. The summed E-state index contributed by atoms with van der Waals surface area (Å²) in [6, 6.07) is 0. The van der Waals surface area contributed by atoms with Crippen LogP contribution in [0.5, 0.6) is 0 Å². The molecule has 7 unspecified atom stereocenters. The zero-order valence-electron chi connectivity index (χ0n) is 21.8. The van der Waals surface area contributed by atoms with Crippen molar-refractivity contribution >= 4 is 11.8 Å². The summed E-state index contributed by atoms with van der Waals surface area (Å²) in [6.45, 7) is 7.34. The van der Waals surface area contributed by atoms with E-state index >= 15 is 0 Å². The van der Waals surface area contributed by atoms with Crippen molar-refractivity contribution in [3.05, 3.63) is 0 Å². The van der Waals surface area contributed by atoms with Gasteiger partial charge in [0.05, 0.1) is 25.4 Å². The summed E-state index contributed by atoms with van der Waals surface area (Å²) < 4.78 is 12.7. The molecule has 3 saturated carbocycles. The third-order valence-corrected chi connectivity index (χ3v) is 10.5. The van der Waals surface area contributed by atoms with Crippen molar-refractivity contribution in [2.75, 3.05) is 26.2 Å². The number of nitrogens with zero attached hydrogens (tertiary/aromatic N) is 1. The average Bonchev–Trinajstić information content (AvgIpc) is 3.40. The molecule has 5 fully saturated rings. The minimum Gasteiger partial charge on any atom is -0.393 e. The maximum absolute atomic E-state index is 13.2. The summed E-state index contributed by atoms with van der Waals surface area (Å²) in [5.41, 5.74) is -0.254. The fourth-order valence-electron chi connectivity index (χ4n) is 8.37. The van der Waals surface area contributed by atoms with Crippen LogP contribution in [0.2, 0.25) is 0 Å². The van der Waals surface area contributed by atoms with Gasteiger partial charge in [-0.1, -0.05) is 26.7 Å². The molecule has 5 aliphatic rings. The number of carbonyl (C=O) groups is 2. The van der Waals surface area contributed by atoms with Crippen LogP contribution in [0.15, 0.2) is 0 Å². The first-order chi connectivity index (χ1) is 16.8. The highest BCUT2D eigenvalue weighted by atomic mass is 16.7. The average molecular weight is 491 g/mol. The molecule has 2 heterocycles. The van der Waals surface area contributed by atoms with E-state index in [0.29, 0.717) is 25.5 Å². The molecule has 0 bridgehead atoms. The smallest absolute Gasteiger partial charge is 0.223 e. The molecule has 198 valence electrons. The summed E-state index contributed by atoms with van der Waals surface area (Å²) in [5, 5.41) is 14.1. The fourth-order valence-corrected chi connectivity index (χ4v) is 8.37. The Kier molecular flexibility index (Phi) is 7.49. The number of hydrogen-bond donors (Lipinski definition) is 2. The molecule has 2 saturated heterocycles. The molecule has 0 spiro atoms. The van der Waals surface area contributed by atoms with Crippen LogP contribution in [0.25, 0.3) is 0 Å². The quantitative estimate of drug-likeness (QED) is 0.614. The highest BCUT2D eigenvalue weighted by Gasteiger charge is 2.61. The molecule has 7 atom stereocenters. The van der Waals surface area contributed by atoms with Crippen molar-refractivity contribution in [2.24, 2.45) is 28.6 Å². The fraction of sp³-hybridized carbons (Fsp3) is 0.929. The molecule has 2 N–H and O–H groups in total. The van der Waals surface area contributed by atoms with E-state index in [2.05, 4.69) is 19.2 Å². The van der Waals surface area contributed by atoms with E-state index in [1.807, 2.05) is 4.90 Å². The van der Waals surface area contributed by atoms with Crippen LogP contribution >= 0.6 is 0 Å².